The van der Waals surface area contributed by atoms with Gasteiger partial charge in [0.15, 0.2) is 0 Å². The molecule has 1 saturated carbocycles. The molecule has 0 spiro atoms. The van der Waals surface area contributed by atoms with Crippen molar-refractivity contribution in [3.63, 3.8) is 0 Å². The molecule has 3 rings (SSSR count). The van der Waals surface area contributed by atoms with Crippen LogP contribution in [0, 0.1) is 5.82 Å². The van der Waals surface area contributed by atoms with E-state index in [0.717, 1.165) is 31.0 Å². The maximum Gasteiger partial charge on any atom is 0.258 e. The second-order valence-electron chi connectivity index (χ2n) is 7.44. The SMILES string of the molecule is CCN(CC)S(=O)(=O)c1ccc(F)c(C(=O)Nc2cc(S(=O)(=O)NC3CC3)ccc2OC)c1. The van der Waals surface area contributed by atoms with Gasteiger partial charge < -0.3 is 10.1 Å². The highest BCUT2D eigenvalue weighted by atomic mass is 32.2. The van der Waals surface area contributed by atoms with Crippen LogP contribution in [0.25, 0.3) is 0 Å². The number of methoxy groups -OCH3 is 1. The Kier molecular flexibility index (Phi) is 7.42. The van der Waals surface area contributed by atoms with Crippen LogP contribution in [0.15, 0.2) is 46.2 Å². The summed E-state index contributed by atoms with van der Waals surface area (Å²) in [5.41, 5.74) is -0.507. The van der Waals surface area contributed by atoms with Gasteiger partial charge in [0.1, 0.15) is 11.6 Å². The molecule has 2 aromatic carbocycles. The number of rotatable bonds is 10. The monoisotopic (exact) mass is 499 g/mol. The first kappa shape index (κ1) is 25.1. The Hall–Kier alpha value is -2.54. The van der Waals surface area contributed by atoms with Crippen molar-refractivity contribution in [2.45, 2.75) is 42.5 Å². The summed E-state index contributed by atoms with van der Waals surface area (Å²) in [5.74, 6) is -1.72. The summed E-state index contributed by atoms with van der Waals surface area (Å²) < 4.78 is 74.0. The van der Waals surface area contributed by atoms with Crippen molar-refractivity contribution >= 4 is 31.6 Å². The van der Waals surface area contributed by atoms with Crippen LogP contribution >= 0.6 is 0 Å². The third kappa shape index (κ3) is 5.52. The second kappa shape index (κ2) is 9.75. The molecule has 9 nitrogen and oxygen atoms in total. The number of nitrogens with zero attached hydrogens (tertiary/aromatic N) is 1. The Bertz CT molecular complexity index is 1260. The van der Waals surface area contributed by atoms with Crippen molar-refractivity contribution in [3.05, 3.63) is 47.8 Å². The molecule has 0 saturated heterocycles. The van der Waals surface area contributed by atoms with Gasteiger partial charge in [0.2, 0.25) is 20.0 Å². The second-order valence-corrected chi connectivity index (χ2v) is 11.1. The Balaban J connectivity index is 1.94. The predicted octanol–water partition coefficient (Wildman–Crippen LogP) is 2.56. The van der Waals surface area contributed by atoms with Crippen LogP contribution in [-0.2, 0) is 20.0 Å². The molecular formula is C21H26FN3O6S2. The van der Waals surface area contributed by atoms with E-state index in [1.165, 1.54) is 29.6 Å². The van der Waals surface area contributed by atoms with E-state index >= 15 is 0 Å². The number of halogens is 1. The molecule has 1 aliphatic rings. The Morgan fingerprint density at radius 1 is 1.06 bits per heavy atom. The molecule has 2 aromatic rings. The molecule has 1 aliphatic carbocycles. The fourth-order valence-corrected chi connectivity index (χ4v) is 6.00. The number of carbonyl (C=O) groups is 1. The van der Waals surface area contributed by atoms with Gasteiger partial charge >= 0.3 is 0 Å². The number of hydrogen-bond donors (Lipinski definition) is 2. The summed E-state index contributed by atoms with van der Waals surface area (Å²) in [7, 11) is -6.39. The first-order chi connectivity index (χ1) is 15.5. The molecule has 0 heterocycles. The van der Waals surface area contributed by atoms with Gasteiger partial charge in [-0.05, 0) is 49.2 Å². The van der Waals surface area contributed by atoms with E-state index in [2.05, 4.69) is 10.0 Å². The molecule has 0 aliphatic heterocycles. The Morgan fingerprint density at radius 2 is 1.70 bits per heavy atom. The molecule has 2 N–H and O–H groups in total. The zero-order valence-electron chi connectivity index (χ0n) is 18.5. The quantitative estimate of drug-likeness (QED) is 0.518. The fraction of sp³-hybridized carbons (Fsp3) is 0.381. The van der Waals surface area contributed by atoms with Crippen LogP contribution in [-0.4, -0.2) is 53.3 Å². The van der Waals surface area contributed by atoms with Gasteiger partial charge in [-0.3, -0.25) is 4.79 Å². The van der Waals surface area contributed by atoms with Crippen LogP contribution < -0.4 is 14.8 Å². The normalized spacial score (nSPS) is 14.3. The fourth-order valence-electron chi connectivity index (χ4n) is 3.18. The molecule has 0 atom stereocenters. The minimum atomic E-state index is -3.92. The van der Waals surface area contributed by atoms with Crippen molar-refractivity contribution in [3.8, 4) is 5.75 Å². The molecule has 0 aromatic heterocycles. The van der Waals surface area contributed by atoms with Gasteiger partial charge in [0.05, 0.1) is 28.2 Å². The first-order valence-corrected chi connectivity index (χ1v) is 13.3. The van der Waals surface area contributed by atoms with E-state index in [1.807, 2.05) is 0 Å². The standard InChI is InChI=1S/C21H26FN3O6S2/c1-4-25(5-2)33(29,30)16-8-10-18(22)17(12-16)21(26)23-19-13-15(9-11-20(19)31-3)32(27,28)24-14-6-7-14/h8-14,24H,4-7H2,1-3H3,(H,23,26). The Morgan fingerprint density at radius 3 is 2.27 bits per heavy atom. The van der Waals surface area contributed by atoms with E-state index in [9.17, 15) is 26.0 Å². The summed E-state index contributed by atoms with van der Waals surface area (Å²) in [5, 5.41) is 2.43. The van der Waals surface area contributed by atoms with E-state index in [1.54, 1.807) is 13.8 Å². The van der Waals surface area contributed by atoms with Gasteiger partial charge in [-0.2, -0.15) is 4.31 Å². The van der Waals surface area contributed by atoms with Crippen molar-refractivity contribution in [1.29, 1.82) is 0 Å². The number of hydrogen-bond acceptors (Lipinski definition) is 6. The number of amides is 1. The molecule has 12 heteroatoms. The van der Waals surface area contributed by atoms with Crippen molar-refractivity contribution in [1.82, 2.24) is 9.03 Å². The van der Waals surface area contributed by atoms with Gasteiger partial charge in [-0.25, -0.2) is 25.9 Å². The maximum absolute atomic E-state index is 14.5. The highest BCUT2D eigenvalue weighted by Gasteiger charge is 2.29. The van der Waals surface area contributed by atoms with Crippen LogP contribution in [0.2, 0.25) is 0 Å². The van der Waals surface area contributed by atoms with Crippen molar-refractivity contribution < 1.29 is 30.8 Å². The highest BCUT2D eigenvalue weighted by Crippen LogP contribution is 2.30. The molecule has 0 bridgehead atoms. The number of sulfonamides is 2. The molecule has 0 unspecified atom stereocenters. The molecule has 33 heavy (non-hydrogen) atoms. The maximum atomic E-state index is 14.5. The summed E-state index contributed by atoms with van der Waals surface area (Å²) in [6.07, 6.45) is 1.51. The molecular weight excluding hydrogens is 473 g/mol. The lowest BCUT2D eigenvalue weighted by Crippen LogP contribution is -2.31. The third-order valence-electron chi connectivity index (χ3n) is 5.15. The van der Waals surface area contributed by atoms with E-state index in [-0.39, 0.29) is 40.4 Å². The minimum absolute atomic E-state index is 0.00225. The van der Waals surface area contributed by atoms with Gasteiger partial charge in [-0.15, -0.1) is 0 Å². The zero-order chi connectivity index (χ0) is 24.4. The molecule has 1 fully saturated rings. The average molecular weight is 500 g/mol. The number of ether oxygens (including phenoxy) is 1. The number of carbonyl (C=O) groups excluding carboxylic acids is 1. The van der Waals surface area contributed by atoms with Gasteiger partial charge in [0, 0.05) is 19.1 Å². The van der Waals surface area contributed by atoms with Crippen molar-refractivity contribution in [2.24, 2.45) is 0 Å². The largest absolute Gasteiger partial charge is 0.495 e. The summed E-state index contributed by atoms with van der Waals surface area (Å²) in [6, 6.07) is 6.75. The van der Waals surface area contributed by atoms with E-state index in [0.29, 0.717) is 0 Å². The smallest absolute Gasteiger partial charge is 0.258 e. The lowest BCUT2D eigenvalue weighted by atomic mass is 10.2. The average Bonchev–Trinajstić information content (AvgIpc) is 3.57. The third-order valence-corrected chi connectivity index (χ3v) is 8.72. The number of anilines is 1. The molecule has 0 radical (unpaired) electrons. The van der Waals surface area contributed by atoms with E-state index in [4.69, 9.17) is 4.74 Å². The topological polar surface area (TPSA) is 122 Å². The molecule has 1 amide bonds. The lowest BCUT2D eigenvalue weighted by molar-refractivity contribution is 0.102. The zero-order valence-corrected chi connectivity index (χ0v) is 20.1. The van der Waals surface area contributed by atoms with Crippen LogP contribution in [0.5, 0.6) is 5.75 Å². The number of benzene rings is 2. The lowest BCUT2D eigenvalue weighted by Gasteiger charge is -2.19. The number of nitrogens with one attached hydrogen (secondary N) is 2. The van der Waals surface area contributed by atoms with Crippen LogP contribution in [0.4, 0.5) is 10.1 Å². The van der Waals surface area contributed by atoms with Gasteiger partial charge in [-0.1, -0.05) is 13.8 Å². The minimum Gasteiger partial charge on any atom is -0.495 e. The van der Waals surface area contributed by atoms with Crippen molar-refractivity contribution in [2.75, 3.05) is 25.5 Å². The van der Waals surface area contributed by atoms with Crippen LogP contribution in [0.1, 0.15) is 37.0 Å². The van der Waals surface area contributed by atoms with E-state index < -0.39 is 37.3 Å². The Labute approximate surface area is 193 Å². The summed E-state index contributed by atoms with van der Waals surface area (Å²) >= 11 is 0. The highest BCUT2D eigenvalue weighted by molar-refractivity contribution is 7.89. The molecule has 180 valence electrons. The van der Waals surface area contributed by atoms with Crippen LogP contribution in [0.3, 0.4) is 0 Å². The summed E-state index contributed by atoms with van der Waals surface area (Å²) in [6.45, 7) is 3.77. The predicted molar refractivity (Wildman–Crippen MR) is 121 cm³/mol. The summed E-state index contributed by atoms with van der Waals surface area (Å²) in [4.78, 5) is 12.5. The van der Waals surface area contributed by atoms with Gasteiger partial charge in [0.25, 0.3) is 5.91 Å². The first-order valence-electron chi connectivity index (χ1n) is 10.3.